The van der Waals surface area contributed by atoms with Crippen LogP contribution in [0.1, 0.15) is 22.3 Å². The summed E-state index contributed by atoms with van der Waals surface area (Å²) >= 11 is 0. The van der Waals surface area contributed by atoms with Gasteiger partial charge in [0.2, 0.25) is 0 Å². The highest BCUT2D eigenvalue weighted by Crippen LogP contribution is 2.37. The fraction of sp³-hybridized carbons (Fsp3) is 0.200. The topological polar surface area (TPSA) is 0 Å². The van der Waals surface area contributed by atoms with Crippen LogP contribution in [0, 0.1) is 13.8 Å². The van der Waals surface area contributed by atoms with Gasteiger partial charge in [-0.1, -0.05) is 36.4 Å². The highest BCUT2D eigenvalue weighted by atomic mass is 14.2. The molecule has 0 heteroatoms. The summed E-state index contributed by atoms with van der Waals surface area (Å²) < 4.78 is 0. The minimum absolute atomic E-state index is 1.10. The van der Waals surface area contributed by atoms with E-state index in [2.05, 4.69) is 50.2 Å². The van der Waals surface area contributed by atoms with Crippen molar-refractivity contribution in [2.24, 2.45) is 0 Å². The molecule has 3 rings (SSSR count). The van der Waals surface area contributed by atoms with Crippen LogP contribution in [-0.4, -0.2) is 0 Å². The number of hydrogen-bond donors (Lipinski definition) is 0. The van der Waals surface area contributed by atoms with E-state index in [0.717, 1.165) is 6.42 Å². The van der Waals surface area contributed by atoms with Crippen molar-refractivity contribution in [1.29, 1.82) is 0 Å². The van der Waals surface area contributed by atoms with Crippen LogP contribution >= 0.6 is 0 Å². The van der Waals surface area contributed by atoms with Gasteiger partial charge in [-0.05, 0) is 53.6 Å². The van der Waals surface area contributed by atoms with E-state index >= 15 is 0 Å². The van der Waals surface area contributed by atoms with Gasteiger partial charge in [-0.25, -0.2) is 0 Å². The van der Waals surface area contributed by atoms with Crippen LogP contribution in [0.5, 0.6) is 0 Å². The molecule has 0 saturated heterocycles. The van der Waals surface area contributed by atoms with Gasteiger partial charge in [0.05, 0.1) is 0 Å². The van der Waals surface area contributed by atoms with E-state index in [9.17, 15) is 0 Å². The van der Waals surface area contributed by atoms with Gasteiger partial charge in [0, 0.05) is 0 Å². The molecule has 0 N–H and O–H groups in total. The minimum atomic E-state index is 1.10. The number of aryl methyl sites for hydroxylation is 2. The molecule has 0 aliphatic heterocycles. The third-order valence-corrected chi connectivity index (χ3v) is 3.41. The fourth-order valence-electron chi connectivity index (χ4n) is 2.42. The Labute approximate surface area is 90.6 Å². The van der Waals surface area contributed by atoms with Crippen molar-refractivity contribution >= 4 is 0 Å². The van der Waals surface area contributed by atoms with E-state index in [4.69, 9.17) is 0 Å². The average Bonchev–Trinajstić information content (AvgIpc) is 2.57. The Morgan fingerprint density at radius 2 is 1.53 bits per heavy atom. The highest BCUT2D eigenvalue weighted by molar-refractivity contribution is 5.77. The second kappa shape index (κ2) is 2.96. The standard InChI is InChI=1S/C15H14/c1-10-7-13-9-12-5-3-4-6-14(12)15(13)8-11(10)2/h3-8H,9H2,1-2H3. The van der Waals surface area contributed by atoms with Crippen LogP contribution in [0.25, 0.3) is 11.1 Å². The first-order chi connectivity index (χ1) is 7.25. The molecular weight excluding hydrogens is 180 g/mol. The predicted molar refractivity (Wildman–Crippen MR) is 64.2 cm³/mol. The number of rotatable bonds is 0. The third-order valence-electron chi connectivity index (χ3n) is 3.41. The Morgan fingerprint density at radius 1 is 0.800 bits per heavy atom. The predicted octanol–water partition coefficient (Wildman–Crippen LogP) is 3.87. The van der Waals surface area contributed by atoms with Gasteiger partial charge in [0.25, 0.3) is 0 Å². The molecule has 0 nitrogen and oxygen atoms in total. The van der Waals surface area contributed by atoms with Crippen molar-refractivity contribution in [2.45, 2.75) is 20.3 Å². The molecule has 2 aromatic rings. The molecule has 0 bridgehead atoms. The first kappa shape index (κ1) is 8.72. The Balaban J connectivity index is 2.29. The van der Waals surface area contributed by atoms with Crippen LogP contribution in [0.15, 0.2) is 36.4 Å². The summed E-state index contributed by atoms with van der Waals surface area (Å²) in [5, 5.41) is 0. The highest BCUT2D eigenvalue weighted by Gasteiger charge is 2.17. The second-order valence-electron chi connectivity index (χ2n) is 4.43. The summed E-state index contributed by atoms with van der Waals surface area (Å²) in [5.74, 6) is 0. The zero-order chi connectivity index (χ0) is 10.4. The van der Waals surface area contributed by atoms with E-state index in [0.29, 0.717) is 0 Å². The summed E-state index contributed by atoms with van der Waals surface area (Å²) in [6.07, 6.45) is 1.10. The lowest BCUT2D eigenvalue weighted by Gasteiger charge is -2.05. The molecule has 0 spiro atoms. The Morgan fingerprint density at radius 3 is 2.40 bits per heavy atom. The van der Waals surface area contributed by atoms with Crippen molar-refractivity contribution in [3.63, 3.8) is 0 Å². The molecule has 15 heavy (non-hydrogen) atoms. The van der Waals surface area contributed by atoms with Crippen LogP contribution in [-0.2, 0) is 6.42 Å². The largest absolute Gasteiger partial charge is 0.0619 e. The van der Waals surface area contributed by atoms with Gasteiger partial charge in [0.1, 0.15) is 0 Å². The number of fused-ring (bicyclic) bond motifs is 3. The van der Waals surface area contributed by atoms with E-state index in [1.807, 2.05) is 0 Å². The molecule has 1 aliphatic rings. The number of hydrogen-bond acceptors (Lipinski definition) is 0. The van der Waals surface area contributed by atoms with E-state index in [-0.39, 0.29) is 0 Å². The molecule has 0 atom stereocenters. The molecule has 74 valence electrons. The minimum Gasteiger partial charge on any atom is -0.0619 e. The van der Waals surface area contributed by atoms with Crippen molar-refractivity contribution in [3.05, 3.63) is 58.7 Å². The second-order valence-corrected chi connectivity index (χ2v) is 4.43. The van der Waals surface area contributed by atoms with Crippen molar-refractivity contribution in [2.75, 3.05) is 0 Å². The lowest BCUT2D eigenvalue weighted by molar-refractivity contribution is 1.23. The van der Waals surface area contributed by atoms with E-state index in [1.165, 1.54) is 33.4 Å². The van der Waals surface area contributed by atoms with Gasteiger partial charge >= 0.3 is 0 Å². The molecule has 1 aliphatic carbocycles. The maximum absolute atomic E-state index is 2.34. The maximum atomic E-state index is 2.34. The van der Waals surface area contributed by atoms with Gasteiger partial charge in [-0.2, -0.15) is 0 Å². The Hall–Kier alpha value is -1.56. The van der Waals surface area contributed by atoms with Gasteiger partial charge in [-0.15, -0.1) is 0 Å². The Bertz CT molecular complexity index is 536. The third kappa shape index (κ3) is 1.21. The molecule has 0 unspecified atom stereocenters. The van der Waals surface area contributed by atoms with Gasteiger partial charge in [-0.3, -0.25) is 0 Å². The first-order valence-corrected chi connectivity index (χ1v) is 5.44. The summed E-state index contributed by atoms with van der Waals surface area (Å²) in [4.78, 5) is 0. The number of benzene rings is 2. The lowest BCUT2D eigenvalue weighted by atomic mass is 10.00. The van der Waals surface area contributed by atoms with E-state index < -0.39 is 0 Å². The fourth-order valence-corrected chi connectivity index (χ4v) is 2.42. The molecule has 0 saturated carbocycles. The maximum Gasteiger partial charge on any atom is -0.00134 e. The van der Waals surface area contributed by atoms with Crippen LogP contribution in [0.2, 0.25) is 0 Å². The summed E-state index contributed by atoms with van der Waals surface area (Å²) in [5.41, 5.74) is 8.62. The average molecular weight is 194 g/mol. The SMILES string of the molecule is Cc1cc2c(cc1C)-c1ccccc1C2. The monoisotopic (exact) mass is 194 g/mol. The summed E-state index contributed by atoms with van der Waals surface area (Å²) in [6.45, 7) is 4.38. The molecule has 0 fully saturated rings. The molecule has 0 radical (unpaired) electrons. The molecular formula is C15H14. The molecule has 0 amide bonds. The van der Waals surface area contributed by atoms with Crippen LogP contribution in [0.3, 0.4) is 0 Å². The van der Waals surface area contributed by atoms with E-state index in [1.54, 1.807) is 0 Å². The van der Waals surface area contributed by atoms with Gasteiger partial charge in [0.15, 0.2) is 0 Å². The summed E-state index contributed by atoms with van der Waals surface area (Å²) in [7, 11) is 0. The lowest BCUT2D eigenvalue weighted by Crippen LogP contribution is -1.86. The van der Waals surface area contributed by atoms with Crippen molar-refractivity contribution < 1.29 is 0 Å². The smallest absolute Gasteiger partial charge is 0.00134 e. The van der Waals surface area contributed by atoms with Gasteiger partial charge < -0.3 is 0 Å². The van der Waals surface area contributed by atoms with Crippen molar-refractivity contribution in [1.82, 2.24) is 0 Å². The Kier molecular flexibility index (Phi) is 1.72. The molecule has 0 aromatic heterocycles. The normalized spacial score (nSPS) is 12.4. The molecule has 0 heterocycles. The quantitative estimate of drug-likeness (QED) is 0.509. The zero-order valence-electron chi connectivity index (χ0n) is 9.17. The summed E-state index contributed by atoms with van der Waals surface area (Å²) in [6, 6.07) is 13.4. The van der Waals surface area contributed by atoms with Crippen molar-refractivity contribution in [3.8, 4) is 11.1 Å². The zero-order valence-corrected chi connectivity index (χ0v) is 9.17. The molecule has 2 aromatic carbocycles. The van der Waals surface area contributed by atoms with Crippen LogP contribution < -0.4 is 0 Å². The van der Waals surface area contributed by atoms with Crippen LogP contribution in [0.4, 0.5) is 0 Å². The first-order valence-electron chi connectivity index (χ1n) is 5.44.